The number of hydrogen-bond donors (Lipinski definition) is 2. The van der Waals surface area contributed by atoms with Crippen molar-refractivity contribution in [3.63, 3.8) is 0 Å². The van der Waals surface area contributed by atoms with Crippen molar-refractivity contribution in [3.8, 4) is 0 Å². The van der Waals surface area contributed by atoms with E-state index in [1.165, 1.54) is 18.8 Å². The molecule has 0 spiro atoms. The summed E-state index contributed by atoms with van der Waals surface area (Å²) in [6.45, 7) is 0.486. The summed E-state index contributed by atoms with van der Waals surface area (Å²) in [5.74, 6) is 0.438. The summed E-state index contributed by atoms with van der Waals surface area (Å²) >= 11 is 1.19. The molecule has 0 saturated carbocycles. The highest BCUT2D eigenvalue weighted by Gasteiger charge is 2.11. The van der Waals surface area contributed by atoms with Crippen molar-refractivity contribution >= 4 is 23.7 Å². The van der Waals surface area contributed by atoms with Crippen LogP contribution >= 0.6 is 11.8 Å². The second kappa shape index (κ2) is 6.75. The third-order valence-electron chi connectivity index (χ3n) is 2.30. The van der Waals surface area contributed by atoms with Crippen LogP contribution in [0.15, 0.2) is 34.3 Å². The van der Waals surface area contributed by atoms with Gasteiger partial charge in [0.1, 0.15) is 12.1 Å². The van der Waals surface area contributed by atoms with Gasteiger partial charge in [-0.25, -0.2) is 4.79 Å². The maximum Gasteiger partial charge on any atom is 0.321 e. The van der Waals surface area contributed by atoms with Crippen LogP contribution in [0.3, 0.4) is 0 Å². The first kappa shape index (κ1) is 14.1. The van der Waals surface area contributed by atoms with E-state index >= 15 is 0 Å². The number of urea groups is 1. The number of furan rings is 1. The predicted octanol–water partition coefficient (Wildman–Crippen LogP) is 0.467. The molecule has 9 heteroatoms. The van der Waals surface area contributed by atoms with Crippen LogP contribution in [0.2, 0.25) is 0 Å². The van der Waals surface area contributed by atoms with Gasteiger partial charge in [-0.15, -0.1) is 10.2 Å². The number of nitrogens with one attached hydrogen (secondary N) is 2. The summed E-state index contributed by atoms with van der Waals surface area (Å²) in [7, 11) is 1.44. The first-order chi connectivity index (χ1) is 9.69. The van der Waals surface area contributed by atoms with Gasteiger partial charge in [-0.1, -0.05) is 11.8 Å². The van der Waals surface area contributed by atoms with Crippen LogP contribution in [0.25, 0.3) is 0 Å². The molecule has 0 saturated heterocycles. The SMILES string of the molecule is CNC(=O)NC(=O)CSc1nncn1Cc1ccco1. The molecule has 2 heterocycles. The monoisotopic (exact) mass is 295 g/mol. The lowest BCUT2D eigenvalue weighted by Gasteiger charge is -2.04. The summed E-state index contributed by atoms with van der Waals surface area (Å²) in [5, 5.41) is 12.8. The average molecular weight is 295 g/mol. The molecule has 0 aliphatic heterocycles. The van der Waals surface area contributed by atoms with Crippen LogP contribution in [0.4, 0.5) is 4.79 Å². The minimum Gasteiger partial charge on any atom is -0.467 e. The van der Waals surface area contributed by atoms with Crippen molar-refractivity contribution < 1.29 is 14.0 Å². The quantitative estimate of drug-likeness (QED) is 0.777. The van der Waals surface area contributed by atoms with Crippen molar-refractivity contribution in [3.05, 3.63) is 30.5 Å². The molecule has 2 aromatic rings. The first-order valence-corrected chi connectivity index (χ1v) is 6.72. The van der Waals surface area contributed by atoms with Crippen molar-refractivity contribution in [2.24, 2.45) is 0 Å². The Morgan fingerprint density at radius 1 is 1.50 bits per heavy atom. The van der Waals surface area contributed by atoms with E-state index in [4.69, 9.17) is 4.42 Å². The van der Waals surface area contributed by atoms with Gasteiger partial charge in [0.05, 0.1) is 18.6 Å². The number of carbonyl (C=O) groups is 2. The van der Waals surface area contributed by atoms with Gasteiger partial charge in [-0.05, 0) is 12.1 Å². The molecule has 0 aliphatic rings. The van der Waals surface area contributed by atoms with Crippen LogP contribution in [0.1, 0.15) is 5.76 Å². The Morgan fingerprint density at radius 3 is 3.05 bits per heavy atom. The topological polar surface area (TPSA) is 102 Å². The summed E-state index contributed by atoms with van der Waals surface area (Å²) in [5.41, 5.74) is 0. The third kappa shape index (κ3) is 3.85. The second-order valence-corrected chi connectivity index (χ2v) is 4.68. The second-order valence-electron chi connectivity index (χ2n) is 3.74. The lowest BCUT2D eigenvalue weighted by molar-refractivity contribution is -0.117. The van der Waals surface area contributed by atoms with Gasteiger partial charge in [0.15, 0.2) is 5.16 Å². The highest BCUT2D eigenvalue weighted by molar-refractivity contribution is 7.99. The summed E-state index contributed by atoms with van der Waals surface area (Å²) in [6, 6.07) is 3.10. The van der Waals surface area contributed by atoms with Crippen LogP contribution in [-0.4, -0.2) is 39.5 Å². The lowest BCUT2D eigenvalue weighted by atomic mass is 10.4. The summed E-state index contributed by atoms with van der Waals surface area (Å²) < 4.78 is 7.00. The Kier molecular flexibility index (Phi) is 4.77. The molecule has 0 fully saturated rings. The third-order valence-corrected chi connectivity index (χ3v) is 3.28. The van der Waals surface area contributed by atoms with Crippen LogP contribution in [0, 0.1) is 0 Å². The average Bonchev–Trinajstić information content (AvgIpc) is 3.08. The summed E-state index contributed by atoms with van der Waals surface area (Å²) in [6.07, 6.45) is 3.14. The van der Waals surface area contributed by atoms with Crippen LogP contribution in [0.5, 0.6) is 0 Å². The lowest BCUT2D eigenvalue weighted by Crippen LogP contribution is -2.38. The van der Waals surface area contributed by atoms with Gasteiger partial charge in [0, 0.05) is 7.05 Å². The van der Waals surface area contributed by atoms with Gasteiger partial charge in [-0.3, -0.25) is 10.1 Å². The van der Waals surface area contributed by atoms with Gasteiger partial charge < -0.3 is 14.3 Å². The molecule has 20 heavy (non-hydrogen) atoms. The Morgan fingerprint density at radius 2 is 2.35 bits per heavy atom. The van der Waals surface area contributed by atoms with Gasteiger partial charge in [-0.2, -0.15) is 0 Å². The van der Waals surface area contributed by atoms with Crippen molar-refractivity contribution in [1.82, 2.24) is 25.4 Å². The van der Waals surface area contributed by atoms with E-state index in [9.17, 15) is 9.59 Å². The molecule has 0 aromatic carbocycles. The molecule has 0 radical (unpaired) electrons. The Labute approximate surface area is 118 Å². The van der Waals surface area contributed by atoms with E-state index in [0.29, 0.717) is 11.7 Å². The number of rotatable bonds is 5. The maximum atomic E-state index is 11.5. The molecule has 0 unspecified atom stereocenters. The van der Waals surface area contributed by atoms with Crippen molar-refractivity contribution in [2.75, 3.05) is 12.8 Å². The molecule has 0 bridgehead atoms. The fourth-order valence-corrected chi connectivity index (χ4v) is 2.11. The smallest absolute Gasteiger partial charge is 0.321 e. The molecule has 8 nitrogen and oxygen atoms in total. The molecular formula is C11H13N5O3S. The van der Waals surface area contributed by atoms with E-state index in [1.807, 2.05) is 6.07 Å². The largest absolute Gasteiger partial charge is 0.467 e. The number of hydrogen-bond acceptors (Lipinski definition) is 6. The molecule has 2 rings (SSSR count). The fraction of sp³-hybridized carbons (Fsp3) is 0.273. The highest BCUT2D eigenvalue weighted by Crippen LogP contribution is 2.16. The first-order valence-electron chi connectivity index (χ1n) is 5.73. The Bertz CT molecular complexity index is 581. The zero-order valence-corrected chi connectivity index (χ0v) is 11.5. The standard InChI is InChI=1S/C11H13N5O3S/c1-12-10(18)14-9(17)6-20-11-15-13-7-16(11)5-8-3-2-4-19-8/h2-4,7H,5-6H2,1H3,(H2,12,14,17,18). The van der Waals surface area contributed by atoms with Crippen LogP contribution in [-0.2, 0) is 11.3 Å². The molecule has 106 valence electrons. The minimum atomic E-state index is -0.535. The Balaban J connectivity index is 1.89. The van der Waals surface area contributed by atoms with Crippen LogP contribution < -0.4 is 10.6 Å². The number of nitrogens with zero attached hydrogens (tertiary/aromatic N) is 3. The molecule has 0 aliphatic carbocycles. The number of carbonyl (C=O) groups excluding carboxylic acids is 2. The van der Waals surface area contributed by atoms with E-state index in [0.717, 1.165) is 5.76 Å². The Hall–Kier alpha value is -2.29. The number of imide groups is 1. The molecule has 2 aromatic heterocycles. The molecule has 3 amide bonds. The number of thioether (sulfide) groups is 1. The summed E-state index contributed by atoms with van der Waals surface area (Å²) in [4.78, 5) is 22.4. The van der Waals surface area contributed by atoms with Gasteiger partial charge in [0.2, 0.25) is 5.91 Å². The van der Waals surface area contributed by atoms with E-state index < -0.39 is 11.9 Å². The van der Waals surface area contributed by atoms with Crippen molar-refractivity contribution in [2.45, 2.75) is 11.7 Å². The molecular weight excluding hydrogens is 282 g/mol. The maximum absolute atomic E-state index is 11.5. The van der Waals surface area contributed by atoms with Gasteiger partial charge >= 0.3 is 6.03 Å². The minimum absolute atomic E-state index is 0.0737. The zero-order chi connectivity index (χ0) is 14.4. The van der Waals surface area contributed by atoms with E-state index in [2.05, 4.69) is 20.8 Å². The molecule has 2 N–H and O–H groups in total. The molecule has 0 atom stereocenters. The predicted molar refractivity (Wildman–Crippen MR) is 71.2 cm³/mol. The van der Waals surface area contributed by atoms with E-state index in [1.54, 1.807) is 23.2 Å². The zero-order valence-electron chi connectivity index (χ0n) is 10.7. The van der Waals surface area contributed by atoms with E-state index in [-0.39, 0.29) is 5.75 Å². The fourth-order valence-electron chi connectivity index (χ4n) is 1.39. The number of amides is 3. The normalized spacial score (nSPS) is 10.2. The van der Waals surface area contributed by atoms with Gasteiger partial charge in [0.25, 0.3) is 0 Å². The highest BCUT2D eigenvalue weighted by atomic mass is 32.2. The van der Waals surface area contributed by atoms with Crippen molar-refractivity contribution in [1.29, 1.82) is 0 Å². The number of aromatic nitrogens is 3.